The maximum Gasteiger partial charge on any atom is 0.410 e. The Labute approximate surface area is 183 Å². The van der Waals surface area contributed by atoms with Gasteiger partial charge in [-0.25, -0.2) is 14.8 Å². The third kappa shape index (κ3) is 4.73. The van der Waals surface area contributed by atoms with Gasteiger partial charge in [0.1, 0.15) is 18.0 Å². The van der Waals surface area contributed by atoms with Gasteiger partial charge >= 0.3 is 6.09 Å². The summed E-state index contributed by atoms with van der Waals surface area (Å²) in [6, 6.07) is 3.95. The monoisotopic (exact) mass is 426 g/mol. The number of nitrogens with zero attached hydrogens (tertiary/aromatic N) is 4. The zero-order valence-corrected chi connectivity index (χ0v) is 18.8. The fourth-order valence-corrected chi connectivity index (χ4v) is 4.32. The first kappa shape index (κ1) is 21.3. The molecule has 0 radical (unpaired) electrons. The molecule has 0 spiro atoms. The lowest BCUT2D eigenvalue weighted by molar-refractivity contribution is -0.00772. The van der Waals surface area contributed by atoms with Crippen molar-refractivity contribution < 1.29 is 19.0 Å². The van der Waals surface area contributed by atoms with E-state index in [1.165, 1.54) is 6.33 Å². The summed E-state index contributed by atoms with van der Waals surface area (Å²) >= 11 is 0. The van der Waals surface area contributed by atoms with E-state index < -0.39 is 5.60 Å². The number of amides is 1. The number of ether oxygens (including phenoxy) is 3. The fraction of sp³-hybridized carbons (Fsp3) is 0.565. The van der Waals surface area contributed by atoms with Crippen LogP contribution in [0.5, 0.6) is 17.5 Å². The van der Waals surface area contributed by atoms with E-state index in [0.717, 1.165) is 36.9 Å². The molecule has 4 rings (SSSR count). The van der Waals surface area contributed by atoms with Crippen LogP contribution < -0.4 is 9.47 Å². The van der Waals surface area contributed by atoms with E-state index in [9.17, 15) is 4.79 Å². The lowest BCUT2D eigenvalue weighted by atomic mass is 10.00. The molecule has 8 heteroatoms. The number of aromatic nitrogens is 3. The minimum absolute atomic E-state index is 0.0160. The van der Waals surface area contributed by atoms with E-state index in [4.69, 9.17) is 14.2 Å². The molecule has 2 saturated heterocycles. The molecule has 4 heterocycles. The molecule has 2 aliphatic rings. The molecule has 0 aromatic carbocycles. The summed E-state index contributed by atoms with van der Waals surface area (Å²) in [5.74, 6) is 1.62. The number of pyridine rings is 1. The normalized spacial score (nSPS) is 22.9. The Balaban J connectivity index is 1.44. The van der Waals surface area contributed by atoms with E-state index in [1.54, 1.807) is 6.20 Å². The molecular formula is C23H30N4O4. The van der Waals surface area contributed by atoms with Crippen molar-refractivity contribution in [3.8, 4) is 17.5 Å². The minimum Gasteiger partial charge on any atom is -0.474 e. The van der Waals surface area contributed by atoms with Gasteiger partial charge in [0.25, 0.3) is 0 Å². The second-order valence-corrected chi connectivity index (χ2v) is 9.28. The van der Waals surface area contributed by atoms with Crippen LogP contribution in [0.2, 0.25) is 0 Å². The second kappa shape index (κ2) is 8.32. The third-order valence-electron chi connectivity index (χ3n) is 5.73. The lowest BCUT2D eigenvalue weighted by Crippen LogP contribution is -2.50. The molecule has 8 nitrogen and oxygen atoms in total. The first-order chi connectivity index (χ1) is 14.7. The zero-order valence-electron chi connectivity index (χ0n) is 18.8. The molecule has 2 atom stereocenters. The van der Waals surface area contributed by atoms with Crippen molar-refractivity contribution in [2.75, 3.05) is 0 Å². The number of piperidine rings is 1. The molecule has 0 unspecified atom stereocenters. The molecule has 2 bridgehead atoms. The van der Waals surface area contributed by atoms with E-state index in [0.29, 0.717) is 17.5 Å². The van der Waals surface area contributed by atoms with Gasteiger partial charge in [0.15, 0.2) is 5.75 Å². The Kier molecular flexibility index (Phi) is 5.73. The van der Waals surface area contributed by atoms with Crippen LogP contribution in [0.3, 0.4) is 0 Å². The average Bonchev–Trinajstić information content (AvgIpc) is 2.96. The maximum absolute atomic E-state index is 12.7. The third-order valence-corrected chi connectivity index (χ3v) is 5.73. The van der Waals surface area contributed by atoms with E-state index in [-0.39, 0.29) is 24.3 Å². The zero-order chi connectivity index (χ0) is 22.2. The quantitative estimate of drug-likeness (QED) is 0.707. The van der Waals surface area contributed by atoms with Gasteiger partial charge in [0.2, 0.25) is 11.8 Å². The summed E-state index contributed by atoms with van der Waals surface area (Å²) in [5, 5.41) is 0. The Morgan fingerprint density at radius 1 is 1.06 bits per heavy atom. The van der Waals surface area contributed by atoms with E-state index >= 15 is 0 Å². The van der Waals surface area contributed by atoms with Gasteiger partial charge in [-0.3, -0.25) is 4.98 Å². The highest BCUT2D eigenvalue weighted by Crippen LogP contribution is 2.39. The number of aryl methyl sites for hydroxylation is 1. The standard InChI is InChI=1S/C23H30N4O4/c1-14-20(25-13-26-21(14)30-19-7-6-10-24-15(19)2)29-18-11-16-8-9-17(12-18)27(16)22(28)31-23(3,4)5/h6-7,10,13,16-18H,8-9,11-12H2,1-5H3/t16-,17-/m0/s1. The Hall–Kier alpha value is -2.90. The minimum atomic E-state index is -0.495. The van der Waals surface area contributed by atoms with Crippen LogP contribution in [0.4, 0.5) is 4.79 Å². The molecular weight excluding hydrogens is 396 g/mol. The highest BCUT2D eigenvalue weighted by atomic mass is 16.6. The van der Waals surface area contributed by atoms with Crippen LogP contribution >= 0.6 is 0 Å². The summed E-state index contributed by atoms with van der Waals surface area (Å²) in [4.78, 5) is 27.4. The van der Waals surface area contributed by atoms with Crippen molar-refractivity contribution in [2.45, 2.75) is 84.1 Å². The summed E-state index contributed by atoms with van der Waals surface area (Å²) < 4.78 is 17.9. The summed E-state index contributed by atoms with van der Waals surface area (Å²) in [7, 11) is 0. The van der Waals surface area contributed by atoms with Crippen molar-refractivity contribution in [1.82, 2.24) is 19.9 Å². The van der Waals surface area contributed by atoms with Crippen molar-refractivity contribution >= 4 is 6.09 Å². The summed E-state index contributed by atoms with van der Waals surface area (Å²) in [6.07, 6.45) is 6.41. The van der Waals surface area contributed by atoms with E-state index in [1.807, 2.05) is 51.7 Å². The van der Waals surface area contributed by atoms with Crippen molar-refractivity contribution in [2.24, 2.45) is 0 Å². The lowest BCUT2D eigenvalue weighted by Gasteiger charge is -2.39. The molecule has 31 heavy (non-hydrogen) atoms. The van der Waals surface area contributed by atoms with Crippen LogP contribution in [-0.2, 0) is 4.74 Å². The fourth-order valence-electron chi connectivity index (χ4n) is 4.32. The largest absolute Gasteiger partial charge is 0.474 e. The van der Waals surface area contributed by atoms with Gasteiger partial charge in [-0.1, -0.05) is 0 Å². The van der Waals surface area contributed by atoms with Crippen LogP contribution in [0.25, 0.3) is 0 Å². The number of fused-ring (bicyclic) bond motifs is 2. The Morgan fingerprint density at radius 3 is 2.39 bits per heavy atom. The highest BCUT2D eigenvalue weighted by molar-refractivity contribution is 5.69. The van der Waals surface area contributed by atoms with Crippen LogP contribution in [0.1, 0.15) is 57.7 Å². The van der Waals surface area contributed by atoms with E-state index in [2.05, 4.69) is 15.0 Å². The number of carbonyl (C=O) groups excluding carboxylic acids is 1. The molecule has 166 valence electrons. The van der Waals surface area contributed by atoms with Gasteiger partial charge in [-0.05, 0) is 59.6 Å². The van der Waals surface area contributed by atoms with Gasteiger partial charge in [-0.15, -0.1) is 0 Å². The van der Waals surface area contributed by atoms with Gasteiger partial charge in [-0.2, -0.15) is 0 Å². The smallest absolute Gasteiger partial charge is 0.410 e. The molecule has 0 aliphatic carbocycles. The van der Waals surface area contributed by atoms with Crippen LogP contribution in [-0.4, -0.2) is 49.7 Å². The van der Waals surface area contributed by atoms with Gasteiger partial charge in [0.05, 0.1) is 11.3 Å². The summed E-state index contributed by atoms with van der Waals surface area (Å²) in [6.45, 7) is 9.46. The maximum atomic E-state index is 12.7. The van der Waals surface area contributed by atoms with Gasteiger partial charge in [0, 0.05) is 31.1 Å². The predicted octanol–water partition coefficient (Wildman–Crippen LogP) is 4.59. The number of rotatable bonds is 4. The highest BCUT2D eigenvalue weighted by Gasteiger charge is 2.45. The Morgan fingerprint density at radius 2 is 1.74 bits per heavy atom. The molecule has 1 amide bonds. The van der Waals surface area contributed by atoms with Crippen LogP contribution in [0, 0.1) is 13.8 Å². The molecule has 0 N–H and O–H groups in total. The first-order valence-electron chi connectivity index (χ1n) is 10.8. The molecule has 2 aromatic heterocycles. The number of carbonyl (C=O) groups is 1. The SMILES string of the molecule is Cc1ncccc1Oc1ncnc(OC2C[C@@H]3CC[C@@H](C2)N3C(=O)OC(C)(C)C)c1C. The molecule has 2 aliphatic heterocycles. The number of hydrogen-bond donors (Lipinski definition) is 0. The van der Waals surface area contributed by atoms with Crippen molar-refractivity contribution in [3.63, 3.8) is 0 Å². The molecule has 2 fully saturated rings. The number of hydrogen-bond acceptors (Lipinski definition) is 7. The van der Waals surface area contributed by atoms with Crippen molar-refractivity contribution in [3.05, 3.63) is 35.9 Å². The van der Waals surface area contributed by atoms with Crippen LogP contribution in [0.15, 0.2) is 24.7 Å². The summed E-state index contributed by atoms with van der Waals surface area (Å²) in [5.41, 5.74) is 1.03. The predicted molar refractivity (Wildman–Crippen MR) is 114 cm³/mol. The Bertz CT molecular complexity index is 945. The first-order valence-corrected chi connectivity index (χ1v) is 10.8. The van der Waals surface area contributed by atoms with Crippen molar-refractivity contribution in [1.29, 1.82) is 0 Å². The molecule has 2 aromatic rings. The molecule has 0 saturated carbocycles. The topological polar surface area (TPSA) is 86.7 Å². The van der Waals surface area contributed by atoms with Gasteiger partial charge < -0.3 is 19.1 Å². The second-order valence-electron chi connectivity index (χ2n) is 9.28. The average molecular weight is 427 g/mol.